The molecule has 0 aliphatic heterocycles. The predicted molar refractivity (Wildman–Crippen MR) is 96.7 cm³/mol. The van der Waals surface area contributed by atoms with Crippen molar-refractivity contribution in [1.82, 2.24) is 5.32 Å². The maximum Gasteiger partial charge on any atom is 0.258 e. The average Bonchev–Trinajstić information content (AvgIpc) is 2.68. The summed E-state index contributed by atoms with van der Waals surface area (Å²) in [5.74, 6) is -0.121. The van der Waals surface area contributed by atoms with Gasteiger partial charge in [0.25, 0.3) is 5.91 Å². The Kier molecular flexibility index (Phi) is 5.99. The van der Waals surface area contributed by atoms with E-state index < -0.39 is 5.82 Å². The highest BCUT2D eigenvalue weighted by Crippen LogP contribution is 2.22. The maximum atomic E-state index is 13.4. The molecule has 0 saturated carbocycles. The smallest absolute Gasteiger partial charge is 0.258 e. The fraction of sp³-hybridized carbons (Fsp3) is 0.0952. The van der Waals surface area contributed by atoms with Crippen LogP contribution in [0.1, 0.15) is 5.56 Å². The first kappa shape index (κ1) is 18.4. The molecule has 1 N–H and O–H groups in total. The Hall–Kier alpha value is -3.41. The number of hydrogen-bond acceptors (Lipinski definition) is 3. The SMILES string of the molecule is O=C(COc1ccccc1F)NCc1cccc(Oc2ccc(F)cc2)c1. The minimum atomic E-state index is -0.518. The molecule has 3 aromatic rings. The quantitative estimate of drug-likeness (QED) is 0.669. The summed E-state index contributed by atoms with van der Waals surface area (Å²) in [6, 6.07) is 18.7. The first-order valence-electron chi connectivity index (χ1n) is 8.26. The van der Waals surface area contributed by atoms with Gasteiger partial charge in [-0.05, 0) is 54.1 Å². The third-order valence-corrected chi connectivity index (χ3v) is 3.63. The first-order chi connectivity index (χ1) is 13.1. The van der Waals surface area contributed by atoms with E-state index in [9.17, 15) is 13.6 Å². The number of benzene rings is 3. The fourth-order valence-electron chi connectivity index (χ4n) is 2.31. The Bertz CT molecular complexity index is 913. The van der Waals surface area contributed by atoms with Crippen LogP contribution in [0.15, 0.2) is 72.8 Å². The van der Waals surface area contributed by atoms with Crippen molar-refractivity contribution in [2.45, 2.75) is 6.54 Å². The van der Waals surface area contributed by atoms with Crippen molar-refractivity contribution in [3.8, 4) is 17.2 Å². The van der Waals surface area contributed by atoms with Gasteiger partial charge in [-0.1, -0.05) is 24.3 Å². The van der Waals surface area contributed by atoms with Crippen LogP contribution in [0.3, 0.4) is 0 Å². The summed E-state index contributed by atoms with van der Waals surface area (Å²) < 4.78 is 37.2. The summed E-state index contributed by atoms with van der Waals surface area (Å²) in [7, 11) is 0. The third kappa shape index (κ3) is 5.54. The number of carbonyl (C=O) groups is 1. The van der Waals surface area contributed by atoms with Gasteiger partial charge in [0.05, 0.1) is 0 Å². The largest absolute Gasteiger partial charge is 0.481 e. The molecule has 138 valence electrons. The minimum absolute atomic E-state index is 0.0299. The number of nitrogens with one attached hydrogen (secondary N) is 1. The Labute approximate surface area is 155 Å². The Morgan fingerprint density at radius 3 is 2.44 bits per heavy atom. The van der Waals surface area contributed by atoms with Gasteiger partial charge in [-0.15, -0.1) is 0 Å². The van der Waals surface area contributed by atoms with Crippen molar-refractivity contribution in [3.05, 3.63) is 90.0 Å². The van der Waals surface area contributed by atoms with Gasteiger partial charge in [0.1, 0.15) is 17.3 Å². The number of ether oxygens (including phenoxy) is 2. The van der Waals surface area contributed by atoms with E-state index in [-0.39, 0.29) is 30.6 Å². The monoisotopic (exact) mass is 369 g/mol. The molecule has 3 rings (SSSR count). The van der Waals surface area contributed by atoms with Gasteiger partial charge in [-0.2, -0.15) is 0 Å². The molecule has 0 saturated heterocycles. The van der Waals surface area contributed by atoms with Crippen LogP contribution in [0.25, 0.3) is 0 Å². The van der Waals surface area contributed by atoms with Crippen molar-refractivity contribution < 1.29 is 23.0 Å². The average molecular weight is 369 g/mol. The zero-order chi connectivity index (χ0) is 19.1. The van der Waals surface area contributed by atoms with Gasteiger partial charge >= 0.3 is 0 Å². The standard InChI is InChI=1S/C21H17F2NO3/c22-16-8-10-17(11-9-16)27-18-5-3-4-15(12-18)13-24-21(25)14-26-20-7-2-1-6-19(20)23/h1-12H,13-14H2,(H,24,25). The Balaban J connectivity index is 1.51. The van der Waals surface area contributed by atoms with E-state index in [0.29, 0.717) is 11.5 Å². The molecule has 3 aromatic carbocycles. The van der Waals surface area contributed by atoms with Crippen LogP contribution in [0.4, 0.5) is 8.78 Å². The molecular weight excluding hydrogens is 352 g/mol. The van der Waals surface area contributed by atoms with E-state index in [2.05, 4.69) is 5.32 Å². The molecule has 0 aliphatic rings. The summed E-state index contributed by atoms with van der Waals surface area (Å²) in [6.07, 6.45) is 0. The van der Waals surface area contributed by atoms with Crippen molar-refractivity contribution in [1.29, 1.82) is 0 Å². The summed E-state index contributed by atoms with van der Waals surface area (Å²) in [4.78, 5) is 11.9. The summed E-state index contributed by atoms with van der Waals surface area (Å²) >= 11 is 0. The number of rotatable bonds is 7. The van der Waals surface area contributed by atoms with Crippen LogP contribution in [0.5, 0.6) is 17.2 Å². The van der Waals surface area contributed by atoms with E-state index >= 15 is 0 Å². The van der Waals surface area contributed by atoms with Crippen molar-refractivity contribution in [3.63, 3.8) is 0 Å². The molecule has 0 aromatic heterocycles. The Morgan fingerprint density at radius 1 is 0.889 bits per heavy atom. The van der Waals surface area contributed by atoms with Gasteiger partial charge < -0.3 is 14.8 Å². The summed E-state index contributed by atoms with van der Waals surface area (Å²) in [5, 5.41) is 2.70. The van der Waals surface area contributed by atoms with Crippen LogP contribution in [0, 0.1) is 11.6 Å². The molecule has 0 unspecified atom stereocenters. The van der Waals surface area contributed by atoms with E-state index in [1.165, 1.54) is 36.4 Å². The third-order valence-electron chi connectivity index (χ3n) is 3.63. The maximum absolute atomic E-state index is 13.4. The van der Waals surface area contributed by atoms with Crippen LogP contribution in [0.2, 0.25) is 0 Å². The highest BCUT2D eigenvalue weighted by Gasteiger charge is 2.07. The number of hydrogen-bond donors (Lipinski definition) is 1. The summed E-state index contributed by atoms with van der Waals surface area (Å²) in [5.41, 5.74) is 0.814. The molecule has 0 atom stereocenters. The lowest BCUT2D eigenvalue weighted by atomic mass is 10.2. The molecule has 27 heavy (non-hydrogen) atoms. The minimum Gasteiger partial charge on any atom is -0.481 e. The van der Waals surface area contributed by atoms with Gasteiger partial charge in [0.15, 0.2) is 18.2 Å². The topological polar surface area (TPSA) is 47.6 Å². The zero-order valence-corrected chi connectivity index (χ0v) is 14.3. The van der Waals surface area contributed by atoms with Gasteiger partial charge in [0, 0.05) is 6.54 Å². The zero-order valence-electron chi connectivity index (χ0n) is 14.3. The highest BCUT2D eigenvalue weighted by molar-refractivity contribution is 5.77. The van der Waals surface area contributed by atoms with E-state index in [1.54, 1.807) is 30.3 Å². The lowest BCUT2D eigenvalue weighted by Crippen LogP contribution is -2.28. The van der Waals surface area contributed by atoms with E-state index in [4.69, 9.17) is 9.47 Å². The molecule has 0 fully saturated rings. The normalized spacial score (nSPS) is 10.3. The van der Waals surface area contributed by atoms with Crippen molar-refractivity contribution in [2.75, 3.05) is 6.61 Å². The second-order valence-corrected chi connectivity index (χ2v) is 5.70. The van der Waals surface area contributed by atoms with Crippen molar-refractivity contribution in [2.24, 2.45) is 0 Å². The highest BCUT2D eigenvalue weighted by atomic mass is 19.1. The van der Waals surface area contributed by atoms with Crippen molar-refractivity contribution >= 4 is 5.91 Å². The van der Waals surface area contributed by atoms with Gasteiger partial charge in [-0.3, -0.25) is 4.79 Å². The summed E-state index contributed by atoms with van der Waals surface area (Å²) in [6.45, 7) is -0.0210. The second kappa shape index (κ2) is 8.80. The molecule has 0 aliphatic carbocycles. The van der Waals surface area contributed by atoms with Gasteiger partial charge in [0.2, 0.25) is 0 Å². The first-order valence-corrected chi connectivity index (χ1v) is 8.26. The van der Waals surface area contributed by atoms with E-state index in [1.807, 2.05) is 6.07 Å². The molecule has 0 bridgehead atoms. The number of halogens is 2. The van der Waals surface area contributed by atoms with Crippen LogP contribution in [-0.2, 0) is 11.3 Å². The molecular formula is C21H17F2NO3. The van der Waals surface area contributed by atoms with E-state index in [0.717, 1.165) is 5.56 Å². The van der Waals surface area contributed by atoms with Crippen LogP contribution in [-0.4, -0.2) is 12.5 Å². The predicted octanol–water partition coefficient (Wildman–Crippen LogP) is 4.45. The van der Waals surface area contributed by atoms with Crippen LogP contribution < -0.4 is 14.8 Å². The molecule has 1 amide bonds. The lowest BCUT2D eigenvalue weighted by molar-refractivity contribution is -0.123. The molecule has 0 radical (unpaired) electrons. The number of carbonyl (C=O) groups excluding carboxylic acids is 1. The lowest BCUT2D eigenvalue weighted by Gasteiger charge is -2.10. The number of para-hydroxylation sites is 1. The molecule has 4 nitrogen and oxygen atoms in total. The number of amides is 1. The molecule has 0 spiro atoms. The second-order valence-electron chi connectivity index (χ2n) is 5.70. The molecule has 6 heteroatoms. The van der Waals surface area contributed by atoms with Gasteiger partial charge in [-0.25, -0.2) is 8.78 Å². The fourth-order valence-corrected chi connectivity index (χ4v) is 2.31. The Morgan fingerprint density at radius 2 is 1.67 bits per heavy atom. The molecule has 0 heterocycles. The van der Waals surface area contributed by atoms with Crippen LogP contribution >= 0.6 is 0 Å².